The maximum atomic E-state index is 13.1. The summed E-state index contributed by atoms with van der Waals surface area (Å²) < 4.78 is 15.2. The lowest BCUT2D eigenvalue weighted by Crippen LogP contribution is -2.09. The Morgan fingerprint density at radius 3 is 2.88 bits per heavy atom. The van der Waals surface area contributed by atoms with Crippen LogP contribution in [0, 0.1) is 5.82 Å². The molecule has 0 saturated carbocycles. The first-order valence-electron chi connectivity index (χ1n) is 5.48. The number of nitrogens with zero attached hydrogens (tertiary/aromatic N) is 1. The van der Waals surface area contributed by atoms with E-state index in [0.717, 1.165) is 17.7 Å². The molecule has 0 spiro atoms. The molecule has 1 aromatic heterocycles. The molecule has 4 heteroatoms. The van der Waals surface area contributed by atoms with Crippen LogP contribution in [0.25, 0.3) is 0 Å². The fourth-order valence-electron chi connectivity index (χ4n) is 1.83. The maximum Gasteiger partial charge on any atom is 0.123 e. The van der Waals surface area contributed by atoms with Crippen molar-refractivity contribution in [2.24, 2.45) is 5.73 Å². The average Bonchev–Trinajstić information content (AvgIpc) is 2.72. The topological polar surface area (TPSA) is 30.9 Å². The highest BCUT2D eigenvalue weighted by molar-refractivity contribution is 6.31. The number of rotatable bonds is 4. The fraction of sp³-hybridized carbons (Fsp3) is 0.231. The van der Waals surface area contributed by atoms with Crippen molar-refractivity contribution in [3.05, 3.63) is 58.6 Å². The number of hydrogen-bond donors (Lipinski definition) is 1. The minimum absolute atomic E-state index is 0.267. The summed E-state index contributed by atoms with van der Waals surface area (Å²) in [5.41, 5.74) is 7.45. The molecule has 0 aliphatic heterocycles. The number of hydrogen-bond acceptors (Lipinski definition) is 1. The number of halogens is 2. The van der Waals surface area contributed by atoms with E-state index in [0.29, 0.717) is 18.1 Å². The van der Waals surface area contributed by atoms with E-state index >= 15 is 0 Å². The highest BCUT2D eigenvalue weighted by atomic mass is 35.5. The zero-order chi connectivity index (χ0) is 12.3. The normalized spacial score (nSPS) is 10.8. The van der Waals surface area contributed by atoms with Crippen LogP contribution in [0.4, 0.5) is 4.39 Å². The van der Waals surface area contributed by atoms with Gasteiger partial charge in [-0.3, -0.25) is 0 Å². The van der Waals surface area contributed by atoms with Crippen molar-refractivity contribution in [2.45, 2.75) is 13.0 Å². The van der Waals surface area contributed by atoms with Crippen molar-refractivity contribution in [3.63, 3.8) is 0 Å². The van der Waals surface area contributed by atoms with Gasteiger partial charge in [-0.2, -0.15) is 0 Å². The summed E-state index contributed by atoms with van der Waals surface area (Å²) in [6.07, 6.45) is 2.76. The molecule has 0 unspecified atom stereocenters. The average molecular weight is 253 g/mol. The van der Waals surface area contributed by atoms with Crippen molar-refractivity contribution >= 4 is 11.6 Å². The van der Waals surface area contributed by atoms with Crippen LogP contribution in [0.3, 0.4) is 0 Å². The molecule has 90 valence electrons. The van der Waals surface area contributed by atoms with Gasteiger partial charge >= 0.3 is 0 Å². The van der Waals surface area contributed by atoms with Crippen LogP contribution in [0.2, 0.25) is 5.02 Å². The summed E-state index contributed by atoms with van der Waals surface area (Å²) in [7, 11) is 0. The quantitative estimate of drug-likeness (QED) is 0.891. The van der Waals surface area contributed by atoms with Crippen molar-refractivity contribution < 1.29 is 4.39 Å². The molecule has 0 atom stereocenters. The molecule has 1 heterocycles. The molecule has 0 saturated heterocycles. The molecule has 0 fully saturated rings. The Kier molecular flexibility index (Phi) is 3.82. The zero-order valence-electron chi connectivity index (χ0n) is 9.37. The maximum absolute atomic E-state index is 13.1. The van der Waals surface area contributed by atoms with Gasteiger partial charge in [0.15, 0.2) is 0 Å². The van der Waals surface area contributed by atoms with Crippen molar-refractivity contribution in [3.8, 4) is 0 Å². The second-order valence-electron chi connectivity index (χ2n) is 3.90. The van der Waals surface area contributed by atoms with Gasteiger partial charge in [0, 0.05) is 23.5 Å². The summed E-state index contributed by atoms with van der Waals surface area (Å²) in [5.74, 6) is -0.267. The molecule has 2 rings (SSSR count). The molecule has 1 aromatic carbocycles. The van der Waals surface area contributed by atoms with Gasteiger partial charge in [-0.15, -0.1) is 0 Å². The van der Waals surface area contributed by atoms with Crippen molar-refractivity contribution in [1.82, 2.24) is 4.57 Å². The summed E-state index contributed by atoms with van der Waals surface area (Å²) in [5, 5.41) is 0.582. The molecule has 0 aliphatic rings. The molecule has 2 N–H and O–H groups in total. The van der Waals surface area contributed by atoms with Gasteiger partial charge in [0.2, 0.25) is 0 Å². The first-order valence-corrected chi connectivity index (χ1v) is 5.86. The van der Waals surface area contributed by atoms with Crippen LogP contribution in [-0.4, -0.2) is 11.1 Å². The smallest absolute Gasteiger partial charge is 0.123 e. The van der Waals surface area contributed by atoms with Gasteiger partial charge < -0.3 is 10.3 Å². The lowest BCUT2D eigenvalue weighted by molar-refractivity contribution is 0.622. The lowest BCUT2D eigenvalue weighted by Gasteiger charge is -2.10. The number of nitrogens with two attached hydrogens (primary N) is 1. The molecule has 2 nitrogen and oxygen atoms in total. The van der Waals surface area contributed by atoms with Crippen molar-refractivity contribution in [2.75, 3.05) is 6.54 Å². The second-order valence-corrected chi connectivity index (χ2v) is 4.31. The van der Waals surface area contributed by atoms with Gasteiger partial charge in [-0.1, -0.05) is 11.6 Å². The minimum atomic E-state index is -0.267. The molecule has 0 radical (unpaired) electrons. The van der Waals surface area contributed by atoms with Crippen LogP contribution in [-0.2, 0) is 13.0 Å². The largest absolute Gasteiger partial charge is 0.347 e. The predicted molar refractivity (Wildman–Crippen MR) is 67.7 cm³/mol. The second kappa shape index (κ2) is 5.34. The van der Waals surface area contributed by atoms with Gasteiger partial charge in [-0.05, 0) is 48.9 Å². The van der Waals surface area contributed by atoms with Crippen molar-refractivity contribution in [1.29, 1.82) is 0 Å². The predicted octanol–water partition coefficient (Wildman–Crippen LogP) is 2.83. The summed E-state index contributed by atoms with van der Waals surface area (Å²) >= 11 is 6.04. The monoisotopic (exact) mass is 252 g/mol. The van der Waals surface area contributed by atoms with Crippen LogP contribution in [0.5, 0.6) is 0 Å². The Bertz CT molecular complexity index is 508. The Balaban J connectivity index is 2.25. The first kappa shape index (κ1) is 12.1. The van der Waals surface area contributed by atoms with E-state index < -0.39 is 0 Å². The Labute approximate surface area is 105 Å². The Morgan fingerprint density at radius 1 is 1.29 bits per heavy atom. The van der Waals surface area contributed by atoms with Gasteiger partial charge in [0.05, 0.1) is 0 Å². The van der Waals surface area contributed by atoms with E-state index in [1.54, 1.807) is 6.07 Å². The highest BCUT2D eigenvalue weighted by Gasteiger charge is 2.05. The number of benzene rings is 1. The molecular weight excluding hydrogens is 239 g/mol. The molecule has 0 aliphatic carbocycles. The summed E-state index contributed by atoms with van der Waals surface area (Å²) in [6.45, 7) is 1.17. The fourth-order valence-corrected chi connectivity index (χ4v) is 2.00. The first-order chi connectivity index (χ1) is 8.20. The third-order valence-corrected chi connectivity index (χ3v) is 3.04. The van der Waals surface area contributed by atoms with E-state index in [2.05, 4.69) is 0 Å². The standard InChI is InChI=1S/C13H14ClFN2/c14-13-4-3-11(15)8-10(13)9-17-7-1-2-12(17)5-6-16/h1-4,7-8H,5-6,9,16H2. The van der Waals surface area contributed by atoms with E-state index in [9.17, 15) is 4.39 Å². The van der Waals surface area contributed by atoms with E-state index in [1.165, 1.54) is 12.1 Å². The zero-order valence-corrected chi connectivity index (χ0v) is 10.1. The van der Waals surface area contributed by atoms with Gasteiger partial charge in [0.25, 0.3) is 0 Å². The summed E-state index contributed by atoms with van der Waals surface area (Å²) in [6, 6.07) is 8.38. The van der Waals surface area contributed by atoms with Gasteiger partial charge in [-0.25, -0.2) is 4.39 Å². The highest BCUT2D eigenvalue weighted by Crippen LogP contribution is 2.19. The Hall–Kier alpha value is -1.32. The van der Waals surface area contributed by atoms with Crippen LogP contribution in [0.15, 0.2) is 36.5 Å². The molecule has 17 heavy (non-hydrogen) atoms. The van der Waals surface area contributed by atoms with Crippen LogP contribution in [0.1, 0.15) is 11.3 Å². The molecular formula is C13H14ClFN2. The van der Waals surface area contributed by atoms with Crippen LogP contribution >= 0.6 is 11.6 Å². The molecule has 2 aromatic rings. The van der Waals surface area contributed by atoms with E-state index in [-0.39, 0.29) is 5.82 Å². The van der Waals surface area contributed by atoms with E-state index in [4.69, 9.17) is 17.3 Å². The van der Waals surface area contributed by atoms with Crippen LogP contribution < -0.4 is 5.73 Å². The minimum Gasteiger partial charge on any atom is -0.347 e. The molecule has 0 bridgehead atoms. The number of aromatic nitrogens is 1. The Morgan fingerprint density at radius 2 is 2.12 bits per heavy atom. The molecule has 0 amide bonds. The third kappa shape index (κ3) is 2.87. The lowest BCUT2D eigenvalue weighted by atomic mass is 10.2. The van der Waals surface area contributed by atoms with Gasteiger partial charge in [0.1, 0.15) is 5.82 Å². The summed E-state index contributed by atoms with van der Waals surface area (Å²) in [4.78, 5) is 0. The van der Waals surface area contributed by atoms with E-state index in [1.807, 2.05) is 22.9 Å². The SMILES string of the molecule is NCCc1cccn1Cc1cc(F)ccc1Cl. The third-order valence-electron chi connectivity index (χ3n) is 2.67.